The minimum Gasteiger partial charge on any atom is -0.390 e. The Hall–Kier alpha value is -2.15. The molecule has 7 heteroatoms. The molecule has 1 heterocycles. The topological polar surface area (TPSA) is 90.3 Å². The second-order valence-electron chi connectivity index (χ2n) is 5.49. The minimum absolute atomic E-state index is 0.0555. The predicted molar refractivity (Wildman–Crippen MR) is 74.7 cm³/mol. The van der Waals surface area contributed by atoms with Crippen LogP contribution < -0.4 is 5.69 Å². The standard InChI is InChI=1S/C13H17N3O4/c1-13(2,18)6-7-15-11-8-9(16(19)20)4-5-10(11)14(3)12(15)17/h4-5,8,18H,6-7H2,1-3H3. The highest BCUT2D eigenvalue weighted by molar-refractivity contribution is 5.78. The maximum atomic E-state index is 12.2. The summed E-state index contributed by atoms with van der Waals surface area (Å²) in [5.74, 6) is 0. The monoisotopic (exact) mass is 279 g/mol. The van der Waals surface area contributed by atoms with Crippen molar-refractivity contribution in [2.24, 2.45) is 7.05 Å². The second-order valence-corrected chi connectivity index (χ2v) is 5.49. The first kappa shape index (κ1) is 14.3. The molecule has 0 radical (unpaired) electrons. The molecule has 0 aliphatic rings. The highest BCUT2D eigenvalue weighted by Crippen LogP contribution is 2.21. The zero-order valence-electron chi connectivity index (χ0n) is 11.7. The molecular weight excluding hydrogens is 262 g/mol. The van der Waals surface area contributed by atoms with Crippen LogP contribution in [0.2, 0.25) is 0 Å². The molecule has 2 rings (SSSR count). The van der Waals surface area contributed by atoms with E-state index in [1.54, 1.807) is 27.0 Å². The van der Waals surface area contributed by atoms with Crippen molar-refractivity contribution in [2.75, 3.05) is 0 Å². The summed E-state index contributed by atoms with van der Waals surface area (Å²) in [6.45, 7) is 3.62. The molecule has 7 nitrogen and oxygen atoms in total. The lowest BCUT2D eigenvalue weighted by atomic mass is 10.1. The van der Waals surface area contributed by atoms with E-state index in [1.807, 2.05) is 0 Å². The summed E-state index contributed by atoms with van der Waals surface area (Å²) in [4.78, 5) is 22.5. The first-order valence-corrected chi connectivity index (χ1v) is 6.27. The molecule has 0 saturated heterocycles. The largest absolute Gasteiger partial charge is 0.390 e. The van der Waals surface area contributed by atoms with Crippen LogP contribution in [0.1, 0.15) is 20.3 Å². The van der Waals surface area contributed by atoms with Crippen molar-refractivity contribution >= 4 is 16.7 Å². The van der Waals surface area contributed by atoms with E-state index in [-0.39, 0.29) is 11.4 Å². The highest BCUT2D eigenvalue weighted by atomic mass is 16.6. The SMILES string of the molecule is Cn1c(=O)n(CCC(C)(C)O)c2cc([N+](=O)[O-])ccc21. The summed E-state index contributed by atoms with van der Waals surface area (Å²) in [5.41, 5.74) is -0.0559. The molecule has 0 spiro atoms. The molecule has 0 amide bonds. The Morgan fingerprint density at radius 3 is 2.55 bits per heavy atom. The predicted octanol–water partition coefficient (Wildman–Crippen LogP) is 1.41. The smallest absolute Gasteiger partial charge is 0.328 e. The average Bonchev–Trinajstić information content (AvgIpc) is 2.58. The highest BCUT2D eigenvalue weighted by Gasteiger charge is 2.18. The maximum absolute atomic E-state index is 12.2. The van der Waals surface area contributed by atoms with Gasteiger partial charge in [-0.1, -0.05) is 0 Å². The Balaban J connectivity index is 2.57. The molecule has 0 fully saturated rings. The van der Waals surface area contributed by atoms with Crippen LogP contribution >= 0.6 is 0 Å². The van der Waals surface area contributed by atoms with Gasteiger partial charge in [-0.05, 0) is 26.3 Å². The molecule has 1 N–H and O–H groups in total. The van der Waals surface area contributed by atoms with Gasteiger partial charge in [-0.15, -0.1) is 0 Å². The van der Waals surface area contributed by atoms with Crippen molar-refractivity contribution in [3.8, 4) is 0 Å². The third-order valence-electron chi connectivity index (χ3n) is 3.29. The first-order chi connectivity index (χ1) is 9.20. The molecule has 0 aliphatic carbocycles. The van der Waals surface area contributed by atoms with Crippen LogP contribution in [0.25, 0.3) is 11.0 Å². The van der Waals surface area contributed by atoms with Gasteiger partial charge in [0.05, 0.1) is 21.6 Å². The van der Waals surface area contributed by atoms with Crippen molar-refractivity contribution < 1.29 is 10.0 Å². The zero-order valence-corrected chi connectivity index (χ0v) is 11.7. The van der Waals surface area contributed by atoms with Gasteiger partial charge in [0.1, 0.15) is 0 Å². The molecule has 20 heavy (non-hydrogen) atoms. The fraction of sp³-hybridized carbons (Fsp3) is 0.462. The number of fused-ring (bicyclic) bond motifs is 1. The lowest BCUT2D eigenvalue weighted by molar-refractivity contribution is -0.384. The summed E-state index contributed by atoms with van der Waals surface area (Å²) >= 11 is 0. The van der Waals surface area contributed by atoms with Crippen LogP contribution in [0.3, 0.4) is 0 Å². The van der Waals surface area contributed by atoms with Gasteiger partial charge in [-0.25, -0.2) is 4.79 Å². The number of nitrogens with zero attached hydrogens (tertiary/aromatic N) is 3. The number of benzene rings is 1. The Bertz CT molecular complexity index is 722. The number of nitro groups is 1. The number of non-ortho nitro benzene ring substituents is 1. The second kappa shape index (κ2) is 4.75. The van der Waals surface area contributed by atoms with E-state index in [9.17, 15) is 20.0 Å². The molecular formula is C13H17N3O4. The number of hydrogen-bond acceptors (Lipinski definition) is 4. The number of aromatic nitrogens is 2. The number of nitro benzene ring substituents is 1. The average molecular weight is 279 g/mol. The summed E-state index contributed by atoms with van der Waals surface area (Å²) in [5, 5.41) is 20.6. The van der Waals surface area contributed by atoms with Gasteiger partial charge in [0.15, 0.2) is 0 Å². The minimum atomic E-state index is -0.900. The molecule has 0 bridgehead atoms. The van der Waals surface area contributed by atoms with Crippen molar-refractivity contribution in [1.82, 2.24) is 9.13 Å². The molecule has 2 aromatic rings. The number of aliphatic hydroxyl groups is 1. The van der Waals surface area contributed by atoms with E-state index in [1.165, 1.54) is 21.3 Å². The van der Waals surface area contributed by atoms with Gasteiger partial charge < -0.3 is 5.11 Å². The summed E-state index contributed by atoms with van der Waals surface area (Å²) in [6, 6.07) is 4.33. The fourth-order valence-corrected chi connectivity index (χ4v) is 2.11. The molecule has 0 unspecified atom stereocenters. The van der Waals surface area contributed by atoms with Crippen molar-refractivity contribution in [3.05, 3.63) is 38.8 Å². The number of rotatable bonds is 4. The van der Waals surface area contributed by atoms with E-state index in [2.05, 4.69) is 0 Å². The Morgan fingerprint density at radius 2 is 2.00 bits per heavy atom. The van der Waals surface area contributed by atoms with E-state index in [4.69, 9.17) is 0 Å². The number of hydrogen-bond donors (Lipinski definition) is 1. The van der Waals surface area contributed by atoms with Crippen molar-refractivity contribution in [2.45, 2.75) is 32.4 Å². The normalized spacial score (nSPS) is 12.0. The maximum Gasteiger partial charge on any atom is 0.328 e. The number of aryl methyl sites for hydroxylation is 2. The summed E-state index contributed by atoms with van der Waals surface area (Å²) in [7, 11) is 1.62. The Morgan fingerprint density at radius 1 is 1.35 bits per heavy atom. The Labute approximate surface area is 115 Å². The molecule has 0 atom stereocenters. The molecule has 1 aromatic carbocycles. The third kappa shape index (κ3) is 2.57. The van der Waals surface area contributed by atoms with Gasteiger partial charge in [-0.2, -0.15) is 0 Å². The van der Waals surface area contributed by atoms with Gasteiger partial charge >= 0.3 is 5.69 Å². The molecule has 108 valence electrons. The molecule has 0 saturated carbocycles. The quantitative estimate of drug-likeness (QED) is 0.676. The zero-order chi connectivity index (χ0) is 15.1. The molecule has 0 aliphatic heterocycles. The van der Waals surface area contributed by atoms with Gasteiger partial charge in [-0.3, -0.25) is 19.2 Å². The van der Waals surface area contributed by atoms with E-state index >= 15 is 0 Å². The van der Waals surface area contributed by atoms with Crippen LogP contribution in [-0.4, -0.2) is 24.8 Å². The Kier molecular flexibility index (Phi) is 3.39. The van der Waals surface area contributed by atoms with Crippen LogP contribution in [0.5, 0.6) is 0 Å². The van der Waals surface area contributed by atoms with Crippen molar-refractivity contribution in [1.29, 1.82) is 0 Å². The van der Waals surface area contributed by atoms with Crippen LogP contribution in [0.15, 0.2) is 23.0 Å². The van der Waals surface area contributed by atoms with Gasteiger partial charge in [0.25, 0.3) is 5.69 Å². The van der Waals surface area contributed by atoms with Gasteiger partial charge in [0.2, 0.25) is 0 Å². The lowest BCUT2D eigenvalue weighted by Gasteiger charge is -2.16. The lowest BCUT2D eigenvalue weighted by Crippen LogP contribution is -2.27. The van der Waals surface area contributed by atoms with E-state index in [0.29, 0.717) is 24.0 Å². The van der Waals surface area contributed by atoms with Gasteiger partial charge in [0, 0.05) is 25.7 Å². The summed E-state index contributed by atoms with van der Waals surface area (Å²) in [6.07, 6.45) is 0.384. The first-order valence-electron chi connectivity index (χ1n) is 6.27. The van der Waals surface area contributed by atoms with Crippen LogP contribution in [-0.2, 0) is 13.6 Å². The molecule has 1 aromatic heterocycles. The van der Waals surface area contributed by atoms with Crippen molar-refractivity contribution in [3.63, 3.8) is 0 Å². The number of imidazole rings is 1. The van der Waals surface area contributed by atoms with Crippen LogP contribution in [0.4, 0.5) is 5.69 Å². The van der Waals surface area contributed by atoms with Crippen LogP contribution in [0, 0.1) is 10.1 Å². The third-order valence-corrected chi connectivity index (χ3v) is 3.29. The summed E-state index contributed by atoms with van der Waals surface area (Å²) < 4.78 is 2.91. The van der Waals surface area contributed by atoms with E-state index < -0.39 is 10.5 Å². The fourth-order valence-electron chi connectivity index (χ4n) is 2.11. The van der Waals surface area contributed by atoms with E-state index in [0.717, 1.165) is 0 Å².